The van der Waals surface area contributed by atoms with Crippen LogP contribution in [0.1, 0.15) is 24.2 Å². The fourth-order valence-corrected chi connectivity index (χ4v) is 2.88. The fourth-order valence-electron chi connectivity index (χ4n) is 2.88. The summed E-state index contributed by atoms with van der Waals surface area (Å²) in [6.07, 6.45) is 1.58. The van der Waals surface area contributed by atoms with Crippen LogP contribution in [-0.4, -0.2) is 35.5 Å². The minimum Gasteiger partial charge on any atom is -0.495 e. The van der Waals surface area contributed by atoms with Crippen LogP contribution in [-0.2, 0) is 11.3 Å². The van der Waals surface area contributed by atoms with Crippen LogP contribution in [0.2, 0.25) is 0 Å². The van der Waals surface area contributed by atoms with E-state index in [-0.39, 0.29) is 24.3 Å². The number of urea groups is 1. The molecule has 9 heteroatoms. The zero-order chi connectivity index (χ0) is 19.6. The molecule has 0 aliphatic carbocycles. The van der Waals surface area contributed by atoms with Crippen molar-refractivity contribution in [2.24, 2.45) is 0 Å². The topological polar surface area (TPSA) is 83.6 Å². The standard InChI is InChI=1S/C18H18F2N4O3/c1-10(17-14(27-2)4-3-7-21-17)22-15(25)9-24-8-11-13(23-18(24)26)6-5-12(19)16(11)20/h3-7,10H,8-9H2,1-2H3,(H,22,25)(H,23,26)/t10-/m1/s1. The highest BCUT2D eigenvalue weighted by Gasteiger charge is 2.28. The Morgan fingerprint density at radius 1 is 1.41 bits per heavy atom. The van der Waals surface area contributed by atoms with Gasteiger partial charge in [-0.2, -0.15) is 0 Å². The van der Waals surface area contributed by atoms with Crippen LogP contribution < -0.4 is 15.4 Å². The number of nitrogens with zero attached hydrogens (tertiary/aromatic N) is 2. The molecule has 1 aromatic heterocycles. The Bertz CT molecular complexity index is 891. The number of amides is 3. The van der Waals surface area contributed by atoms with E-state index in [1.165, 1.54) is 13.2 Å². The van der Waals surface area contributed by atoms with Crippen molar-refractivity contribution in [3.63, 3.8) is 0 Å². The number of nitrogens with one attached hydrogen (secondary N) is 2. The number of hydrogen-bond acceptors (Lipinski definition) is 4. The lowest BCUT2D eigenvalue weighted by molar-refractivity contribution is -0.122. The molecule has 0 radical (unpaired) electrons. The molecule has 1 aromatic carbocycles. The number of fused-ring (bicyclic) bond motifs is 1. The summed E-state index contributed by atoms with van der Waals surface area (Å²) in [7, 11) is 1.50. The minimum atomic E-state index is -1.04. The molecule has 1 aliphatic rings. The van der Waals surface area contributed by atoms with Crippen molar-refractivity contribution in [1.29, 1.82) is 0 Å². The molecule has 3 rings (SSSR count). The zero-order valence-electron chi connectivity index (χ0n) is 14.8. The van der Waals surface area contributed by atoms with Gasteiger partial charge in [-0.1, -0.05) is 0 Å². The van der Waals surface area contributed by atoms with Crippen molar-refractivity contribution in [2.75, 3.05) is 19.0 Å². The molecule has 3 amide bonds. The van der Waals surface area contributed by atoms with E-state index in [1.54, 1.807) is 25.3 Å². The van der Waals surface area contributed by atoms with Crippen LogP contribution in [0.25, 0.3) is 0 Å². The van der Waals surface area contributed by atoms with E-state index >= 15 is 0 Å². The van der Waals surface area contributed by atoms with E-state index in [4.69, 9.17) is 4.74 Å². The molecule has 7 nitrogen and oxygen atoms in total. The quantitative estimate of drug-likeness (QED) is 0.840. The number of pyridine rings is 1. The highest BCUT2D eigenvalue weighted by molar-refractivity contribution is 5.94. The second-order valence-corrected chi connectivity index (χ2v) is 6.05. The van der Waals surface area contributed by atoms with Crippen LogP contribution in [0.4, 0.5) is 19.3 Å². The van der Waals surface area contributed by atoms with Gasteiger partial charge in [0.1, 0.15) is 18.0 Å². The summed E-state index contributed by atoms with van der Waals surface area (Å²) in [6, 6.07) is 4.63. The van der Waals surface area contributed by atoms with Crippen molar-refractivity contribution in [2.45, 2.75) is 19.5 Å². The van der Waals surface area contributed by atoms with E-state index in [1.807, 2.05) is 0 Å². The molecule has 1 atom stereocenters. The first-order chi connectivity index (χ1) is 12.9. The van der Waals surface area contributed by atoms with Gasteiger partial charge in [-0.15, -0.1) is 0 Å². The Kier molecular flexibility index (Phi) is 5.20. The summed E-state index contributed by atoms with van der Waals surface area (Å²) in [5.41, 5.74) is 0.735. The summed E-state index contributed by atoms with van der Waals surface area (Å²) in [6.45, 7) is 1.20. The molecule has 2 aromatic rings. The molecule has 0 unspecified atom stereocenters. The smallest absolute Gasteiger partial charge is 0.322 e. The maximum atomic E-state index is 14.0. The van der Waals surface area contributed by atoms with Gasteiger partial charge in [0.05, 0.1) is 25.4 Å². The average Bonchev–Trinajstić information content (AvgIpc) is 2.66. The number of carbonyl (C=O) groups excluding carboxylic acids is 2. The normalized spacial score (nSPS) is 14.2. The SMILES string of the molecule is COc1cccnc1[C@@H](C)NC(=O)CN1Cc2c(ccc(F)c2F)NC1=O. The van der Waals surface area contributed by atoms with Gasteiger partial charge >= 0.3 is 6.03 Å². The van der Waals surface area contributed by atoms with E-state index in [9.17, 15) is 18.4 Å². The van der Waals surface area contributed by atoms with Crippen molar-refractivity contribution in [3.05, 3.63) is 53.4 Å². The Hall–Kier alpha value is -3.23. The third-order valence-corrected chi connectivity index (χ3v) is 4.22. The Balaban J connectivity index is 1.69. The average molecular weight is 376 g/mol. The number of aromatic nitrogens is 1. The molecule has 0 bridgehead atoms. The number of halogens is 2. The third kappa shape index (κ3) is 3.81. The number of ether oxygens (including phenoxy) is 1. The van der Waals surface area contributed by atoms with Crippen LogP contribution in [0.15, 0.2) is 30.5 Å². The minimum absolute atomic E-state index is 0.00171. The van der Waals surface area contributed by atoms with Gasteiger partial charge in [0.15, 0.2) is 11.6 Å². The van der Waals surface area contributed by atoms with Crippen LogP contribution in [0, 0.1) is 11.6 Å². The van der Waals surface area contributed by atoms with Gasteiger partial charge in [0.2, 0.25) is 5.91 Å². The van der Waals surface area contributed by atoms with Crippen LogP contribution >= 0.6 is 0 Å². The number of carbonyl (C=O) groups is 2. The summed E-state index contributed by atoms with van der Waals surface area (Å²) < 4.78 is 32.6. The third-order valence-electron chi connectivity index (χ3n) is 4.22. The maximum absolute atomic E-state index is 14.0. The monoisotopic (exact) mass is 376 g/mol. The lowest BCUT2D eigenvalue weighted by Gasteiger charge is -2.29. The van der Waals surface area contributed by atoms with Gasteiger partial charge in [-0.3, -0.25) is 9.78 Å². The number of benzene rings is 1. The van der Waals surface area contributed by atoms with Crippen molar-refractivity contribution in [3.8, 4) is 5.75 Å². The molecule has 2 N–H and O–H groups in total. The second kappa shape index (κ2) is 7.56. The molecular formula is C18H18F2N4O3. The molecule has 27 heavy (non-hydrogen) atoms. The number of anilines is 1. The van der Waals surface area contributed by atoms with E-state index in [0.717, 1.165) is 11.0 Å². The molecule has 2 heterocycles. The summed E-state index contributed by atoms with van der Waals surface area (Å²) in [5, 5.41) is 5.17. The Morgan fingerprint density at radius 2 is 2.19 bits per heavy atom. The second-order valence-electron chi connectivity index (χ2n) is 6.05. The first kappa shape index (κ1) is 18.6. The number of methoxy groups -OCH3 is 1. The highest BCUT2D eigenvalue weighted by atomic mass is 19.2. The fraction of sp³-hybridized carbons (Fsp3) is 0.278. The van der Waals surface area contributed by atoms with Crippen molar-refractivity contribution >= 4 is 17.6 Å². The van der Waals surface area contributed by atoms with Crippen LogP contribution in [0.3, 0.4) is 0 Å². The maximum Gasteiger partial charge on any atom is 0.322 e. The first-order valence-electron chi connectivity index (χ1n) is 8.21. The molecule has 0 saturated heterocycles. The highest BCUT2D eigenvalue weighted by Crippen LogP contribution is 2.27. The van der Waals surface area contributed by atoms with Gasteiger partial charge in [0.25, 0.3) is 0 Å². The summed E-state index contributed by atoms with van der Waals surface area (Å²) >= 11 is 0. The predicted octanol–water partition coefficient (Wildman–Crippen LogP) is 2.59. The lowest BCUT2D eigenvalue weighted by atomic mass is 10.1. The van der Waals surface area contributed by atoms with Gasteiger partial charge in [0, 0.05) is 11.8 Å². The number of hydrogen-bond donors (Lipinski definition) is 2. The molecular weight excluding hydrogens is 358 g/mol. The van der Waals surface area contributed by atoms with Crippen LogP contribution in [0.5, 0.6) is 5.75 Å². The van der Waals surface area contributed by atoms with Crippen molar-refractivity contribution in [1.82, 2.24) is 15.2 Å². The number of rotatable bonds is 5. The van der Waals surface area contributed by atoms with Crippen molar-refractivity contribution < 1.29 is 23.1 Å². The zero-order valence-corrected chi connectivity index (χ0v) is 14.8. The molecule has 0 fully saturated rings. The summed E-state index contributed by atoms with van der Waals surface area (Å²) in [4.78, 5) is 29.8. The Morgan fingerprint density at radius 3 is 2.93 bits per heavy atom. The van der Waals surface area contributed by atoms with E-state index in [0.29, 0.717) is 11.4 Å². The van der Waals surface area contributed by atoms with E-state index < -0.39 is 29.6 Å². The predicted molar refractivity (Wildman–Crippen MR) is 93.1 cm³/mol. The van der Waals surface area contributed by atoms with Gasteiger partial charge in [-0.05, 0) is 31.2 Å². The molecule has 1 aliphatic heterocycles. The van der Waals surface area contributed by atoms with Gasteiger partial charge < -0.3 is 20.3 Å². The lowest BCUT2D eigenvalue weighted by Crippen LogP contribution is -2.45. The first-order valence-corrected chi connectivity index (χ1v) is 8.21. The van der Waals surface area contributed by atoms with E-state index in [2.05, 4.69) is 15.6 Å². The molecule has 142 valence electrons. The van der Waals surface area contributed by atoms with Gasteiger partial charge in [-0.25, -0.2) is 13.6 Å². The molecule has 0 saturated carbocycles. The largest absolute Gasteiger partial charge is 0.495 e. The molecule has 0 spiro atoms. The Labute approximate surface area is 154 Å². The summed E-state index contributed by atoms with van der Waals surface area (Å²) in [5.74, 6) is -1.99.